The average molecular weight is 365 g/mol. The fourth-order valence-electron chi connectivity index (χ4n) is 4.28. The van der Waals surface area contributed by atoms with Gasteiger partial charge in [0.05, 0.1) is 16.9 Å². The van der Waals surface area contributed by atoms with Crippen molar-refractivity contribution in [3.05, 3.63) is 51.8 Å². The van der Waals surface area contributed by atoms with Gasteiger partial charge in [-0.05, 0) is 76.3 Å². The third-order valence-corrected chi connectivity index (χ3v) is 5.46. The molecule has 0 fully saturated rings. The molecule has 4 nitrogen and oxygen atoms in total. The fourth-order valence-corrected chi connectivity index (χ4v) is 4.28. The van der Waals surface area contributed by atoms with Crippen LogP contribution in [-0.4, -0.2) is 21.1 Å². The van der Waals surface area contributed by atoms with Gasteiger partial charge in [0.15, 0.2) is 5.82 Å². The summed E-state index contributed by atoms with van der Waals surface area (Å²) in [5.41, 5.74) is 15.6. The zero-order valence-electron chi connectivity index (χ0n) is 17.6. The molecule has 3 aromatic rings. The topological polar surface area (TPSA) is 56.2 Å². The van der Waals surface area contributed by atoms with Crippen LogP contribution in [0.15, 0.2) is 18.2 Å². The molecule has 27 heavy (non-hydrogen) atoms. The first-order valence-electron chi connectivity index (χ1n) is 10.0. The summed E-state index contributed by atoms with van der Waals surface area (Å²) in [6.45, 7) is 13.5. The van der Waals surface area contributed by atoms with Gasteiger partial charge < -0.3 is 5.73 Å². The Morgan fingerprint density at radius 1 is 1.04 bits per heavy atom. The molecule has 0 saturated carbocycles. The number of unbranched alkanes of at least 4 members (excludes halogenated alkanes) is 1. The molecule has 1 unspecified atom stereocenters. The van der Waals surface area contributed by atoms with Crippen LogP contribution in [0.3, 0.4) is 0 Å². The molecule has 0 saturated heterocycles. The molecule has 0 aliphatic heterocycles. The van der Waals surface area contributed by atoms with Crippen LogP contribution in [0.4, 0.5) is 0 Å². The van der Waals surface area contributed by atoms with Gasteiger partial charge in [-0.3, -0.25) is 0 Å². The molecular formula is C23H32N4. The van der Waals surface area contributed by atoms with Crippen molar-refractivity contribution in [2.75, 3.05) is 6.54 Å². The number of aromatic nitrogens is 3. The normalized spacial score (nSPS) is 12.7. The Hall–Kier alpha value is -2.20. The molecule has 2 heterocycles. The monoisotopic (exact) mass is 364 g/mol. The van der Waals surface area contributed by atoms with Crippen LogP contribution >= 0.6 is 0 Å². The van der Waals surface area contributed by atoms with Crippen molar-refractivity contribution in [3.8, 4) is 11.4 Å². The highest BCUT2D eigenvalue weighted by molar-refractivity contribution is 5.72. The fraction of sp³-hybridized carbons (Fsp3) is 0.478. The van der Waals surface area contributed by atoms with Gasteiger partial charge in [-0.2, -0.15) is 5.10 Å². The molecule has 4 heteroatoms. The number of imidazole rings is 1. The van der Waals surface area contributed by atoms with Gasteiger partial charge in [0.1, 0.15) is 0 Å². The summed E-state index contributed by atoms with van der Waals surface area (Å²) < 4.78 is 2.05. The van der Waals surface area contributed by atoms with Crippen molar-refractivity contribution >= 4 is 5.52 Å². The molecule has 1 aromatic carbocycles. The van der Waals surface area contributed by atoms with E-state index in [0.717, 1.165) is 29.1 Å². The highest BCUT2D eigenvalue weighted by atomic mass is 15.3. The van der Waals surface area contributed by atoms with Crippen molar-refractivity contribution < 1.29 is 0 Å². The molecule has 0 aliphatic rings. The lowest BCUT2D eigenvalue weighted by Crippen LogP contribution is -2.15. The maximum absolute atomic E-state index is 6.17. The van der Waals surface area contributed by atoms with Gasteiger partial charge in [-0.25, -0.2) is 9.50 Å². The molecule has 144 valence electrons. The van der Waals surface area contributed by atoms with Gasteiger partial charge in [0.25, 0.3) is 0 Å². The van der Waals surface area contributed by atoms with Crippen LogP contribution in [-0.2, 0) is 0 Å². The Balaban J connectivity index is 2.27. The van der Waals surface area contributed by atoms with E-state index in [1.54, 1.807) is 0 Å². The number of hydrogen-bond acceptors (Lipinski definition) is 3. The summed E-state index contributed by atoms with van der Waals surface area (Å²) >= 11 is 0. The number of benzene rings is 1. The van der Waals surface area contributed by atoms with Gasteiger partial charge in [0, 0.05) is 5.56 Å². The largest absolute Gasteiger partial charge is 0.330 e. The predicted molar refractivity (Wildman–Crippen MR) is 113 cm³/mol. The molecule has 2 N–H and O–H groups in total. The Morgan fingerprint density at radius 3 is 2.30 bits per heavy atom. The van der Waals surface area contributed by atoms with Gasteiger partial charge in [-0.15, -0.1) is 0 Å². The Kier molecular flexibility index (Phi) is 5.66. The summed E-state index contributed by atoms with van der Waals surface area (Å²) in [5, 5.41) is 4.85. The molecule has 1 atom stereocenters. The summed E-state index contributed by atoms with van der Waals surface area (Å²) in [7, 11) is 0. The lowest BCUT2D eigenvalue weighted by Gasteiger charge is -2.18. The second-order valence-electron chi connectivity index (χ2n) is 7.87. The zero-order chi connectivity index (χ0) is 19.7. The van der Waals surface area contributed by atoms with Crippen molar-refractivity contribution in [2.45, 2.75) is 66.7 Å². The number of hydrogen-bond donors (Lipinski definition) is 1. The molecular weight excluding hydrogens is 332 g/mol. The van der Waals surface area contributed by atoms with Crippen molar-refractivity contribution in [3.63, 3.8) is 0 Å². The van der Waals surface area contributed by atoms with Gasteiger partial charge >= 0.3 is 0 Å². The molecule has 0 spiro atoms. The number of aryl methyl sites for hydroxylation is 5. The van der Waals surface area contributed by atoms with Gasteiger partial charge in [-0.1, -0.05) is 37.5 Å². The van der Waals surface area contributed by atoms with E-state index < -0.39 is 0 Å². The van der Waals surface area contributed by atoms with E-state index in [-0.39, 0.29) is 0 Å². The molecule has 0 amide bonds. The molecule has 0 radical (unpaired) electrons. The van der Waals surface area contributed by atoms with E-state index in [2.05, 4.69) is 64.3 Å². The van der Waals surface area contributed by atoms with Crippen LogP contribution in [0.1, 0.15) is 65.7 Å². The average Bonchev–Trinajstić information content (AvgIpc) is 2.91. The smallest absolute Gasteiger partial charge is 0.162 e. The number of nitrogens with two attached hydrogens (primary N) is 1. The van der Waals surface area contributed by atoms with Crippen molar-refractivity contribution in [2.24, 2.45) is 5.73 Å². The first kappa shape index (κ1) is 19.6. The minimum Gasteiger partial charge on any atom is -0.330 e. The summed E-state index contributed by atoms with van der Waals surface area (Å²) in [6.07, 6.45) is 3.47. The summed E-state index contributed by atoms with van der Waals surface area (Å²) in [4.78, 5) is 4.97. The van der Waals surface area contributed by atoms with Crippen LogP contribution in [0.5, 0.6) is 0 Å². The van der Waals surface area contributed by atoms with E-state index in [1.165, 1.54) is 40.7 Å². The highest BCUT2D eigenvalue weighted by Gasteiger charge is 2.22. The Morgan fingerprint density at radius 2 is 1.70 bits per heavy atom. The van der Waals surface area contributed by atoms with E-state index in [1.807, 2.05) is 0 Å². The molecule has 2 aromatic heterocycles. The quantitative estimate of drug-likeness (QED) is 0.656. The first-order chi connectivity index (χ1) is 12.9. The molecule has 0 aliphatic carbocycles. The SMILES string of the molecule is CCCCC(CN)c1cc(C)nn2c(-c3c(C)cc(C)cc3C)nc(C)c12. The van der Waals surface area contributed by atoms with E-state index in [0.29, 0.717) is 12.5 Å². The van der Waals surface area contributed by atoms with Crippen LogP contribution in [0, 0.1) is 34.6 Å². The number of fused-ring (bicyclic) bond motifs is 1. The van der Waals surface area contributed by atoms with Crippen molar-refractivity contribution in [1.29, 1.82) is 0 Å². The van der Waals surface area contributed by atoms with Crippen molar-refractivity contribution in [1.82, 2.24) is 14.6 Å². The maximum Gasteiger partial charge on any atom is 0.162 e. The highest BCUT2D eigenvalue weighted by Crippen LogP contribution is 2.33. The second-order valence-corrected chi connectivity index (χ2v) is 7.87. The lowest BCUT2D eigenvalue weighted by molar-refractivity contribution is 0.591. The first-order valence-corrected chi connectivity index (χ1v) is 10.0. The predicted octanol–water partition coefficient (Wildman–Crippen LogP) is 5.17. The van der Waals surface area contributed by atoms with Gasteiger partial charge in [0.2, 0.25) is 0 Å². The minimum atomic E-state index is 0.345. The minimum absolute atomic E-state index is 0.345. The Bertz CT molecular complexity index is 945. The van der Waals surface area contributed by atoms with Crippen LogP contribution in [0.25, 0.3) is 16.9 Å². The molecule has 3 rings (SSSR count). The number of nitrogens with zero attached hydrogens (tertiary/aromatic N) is 3. The Labute approximate surface area is 162 Å². The van der Waals surface area contributed by atoms with E-state index in [4.69, 9.17) is 15.8 Å². The van der Waals surface area contributed by atoms with Crippen LogP contribution < -0.4 is 5.73 Å². The summed E-state index contributed by atoms with van der Waals surface area (Å²) in [6, 6.07) is 6.65. The number of rotatable bonds is 6. The van der Waals surface area contributed by atoms with E-state index >= 15 is 0 Å². The molecule has 0 bridgehead atoms. The summed E-state index contributed by atoms with van der Waals surface area (Å²) in [5.74, 6) is 1.28. The zero-order valence-corrected chi connectivity index (χ0v) is 17.6. The standard InChI is InChI=1S/C23H32N4/c1-7-8-9-19(13-24)20-12-17(5)26-27-22(20)18(6)25-23(27)21-15(3)10-14(2)11-16(21)4/h10-12,19H,7-9,13,24H2,1-6H3. The second kappa shape index (κ2) is 7.81. The maximum atomic E-state index is 6.17. The third-order valence-electron chi connectivity index (χ3n) is 5.46. The third kappa shape index (κ3) is 3.63. The van der Waals surface area contributed by atoms with Crippen LogP contribution in [0.2, 0.25) is 0 Å². The lowest BCUT2D eigenvalue weighted by atomic mass is 9.93. The van der Waals surface area contributed by atoms with E-state index in [9.17, 15) is 0 Å².